The second kappa shape index (κ2) is 7.93. The van der Waals surface area contributed by atoms with E-state index in [1.54, 1.807) is 11.3 Å². The van der Waals surface area contributed by atoms with Gasteiger partial charge in [0.25, 0.3) is 0 Å². The molecule has 1 fully saturated rings. The Morgan fingerprint density at radius 3 is 2.71 bits per heavy atom. The quantitative estimate of drug-likeness (QED) is 0.851. The number of aliphatic carboxylic acids is 1. The van der Waals surface area contributed by atoms with Gasteiger partial charge >= 0.3 is 5.97 Å². The Kier molecular flexibility index (Phi) is 5.37. The number of carbonyl (C=O) groups is 1. The Labute approximate surface area is 169 Å². The van der Waals surface area contributed by atoms with Crippen LogP contribution in [0, 0.1) is 6.92 Å². The van der Waals surface area contributed by atoms with E-state index in [-0.39, 0.29) is 6.42 Å². The van der Waals surface area contributed by atoms with E-state index >= 15 is 0 Å². The number of aliphatic imine (C=N–C) groups is 1. The standard InChI is InChI=1S/C21H26N4O2S/c1-15-14-16-20(24-12-10-23(2)11-13-24)22-17-6-3-4-7-18(17)25(21(16)28-15)9-5-8-19(26)27/h3-4,6-7,14H,5,8-13H2,1-2H3,(H,26,27). The monoisotopic (exact) mass is 398 g/mol. The first-order valence-corrected chi connectivity index (χ1v) is 10.6. The summed E-state index contributed by atoms with van der Waals surface area (Å²) in [6.45, 7) is 6.78. The molecule has 1 aromatic heterocycles. The Hall–Kier alpha value is -2.38. The van der Waals surface area contributed by atoms with Gasteiger partial charge in [0.1, 0.15) is 10.8 Å². The van der Waals surface area contributed by atoms with Gasteiger partial charge in [-0.2, -0.15) is 0 Å². The number of hydrogen-bond acceptors (Lipinski definition) is 6. The fourth-order valence-corrected chi connectivity index (χ4v) is 4.84. The average molecular weight is 399 g/mol. The normalized spacial score (nSPS) is 17.0. The molecule has 0 bridgehead atoms. The van der Waals surface area contributed by atoms with Crippen molar-refractivity contribution in [3.05, 3.63) is 40.8 Å². The molecule has 7 heteroatoms. The van der Waals surface area contributed by atoms with Crippen LogP contribution in [-0.4, -0.2) is 66.5 Å². The molecule has 0 spiro atoms. The van der Waals surface area contributed by atoms with Crippen LogP contribution in [0.2, 0.25) is 0 Å². The van der Waals surface area contributed by atoms with Crippen LogP contribution in [0.3, 0.4) is 0 Å². The minimum atomic E-state index is -0.750. The molecular weight excluding hydrogens is 372 g/mol. The zero-order valence-electron chi connectivity index (χ0n) is 16.4. The van der Waals surface area contributed by atoms with Crippen LogP contribution in [0.25, 0.3) is 0 Å². The van der Waals surface area contributed by atoms with Crippen molar-refractivity contribution < 1.29 is 9.90 Å². The lowest BCUT2D eigenvalue weighted by Gasteiger charge is -2.34. The minimum Gasteiger partial charge on any atom is -0.481 e. The Bertz CT molecular complexity index is 900. The number of amidine groups is 1. The first-order valence-electron chi connectivity index (χ1n) is 9.74. The second-order valence-corrected chi connectivity index (χ2v) is 8.67. The van der Waals surface area contributed by atoms with Crippen molar-refractivity contribution in [2.75, 3.05) is 44.7 Å². The molecule has 148 valence electrons. The van der Waals surface area contributed by atoms with Crippen LogP contribution < -0.4 is 4.90 Å². The van der Waals surface area contributed by atoms with Gasteiger partial charge < -0.3 is 19.8 Å². The summed E-state index contributed by atoms with van der Waals surface area (Å²) in [7, 11) is 2.16. The number of piperazine rings is 1. The number of aryl methyl sites for hydroxylation is 1. The lowest BCUT2D eigenvalue weighted by Crippen LogP contribution is -2.47. The highest BCUT2D eigenvalue weighted by molar-refractivity contribution is 7.16. The van der Waals surface area contributed by atoms with E-state index < -0.39 is 5.97 Å². The molecular formula is C21H26N4O2S. The van der Waals surface area contributed by atoms with Crippen LogP contribution in [0.4, 0.5) is 16.4 Å². The highest BCUT2D eigenvalue weighted by Gasteiger charge is 2.29. The van der Waals surface area contributed by atoms with E-state index in [0.717, 1.165) is 43.4 Å². The van der Waals surface area contributed by atoms with E-state index in [1.165, 1.54) is 15.4 Å². The Morgan fingerprint density at radius 2 is 1.96 bits per heavy atom. The van der Waals surface area contributed by atoms with Crippen molar-refractivity contribution in [1.82, 2.24) is 9.80 Å². The second-order valence-electron chi connectivity index (χ2n) is 7.44. The van der Waals surface area contributed by atoms with Gasteiger partial charge in [0.05, 0.1) is 16.9 Å². The fraction of sp³-hybridized carbons (Fsp3) is 0.429. The third kappa shape index (κ3) is 3.77. The molecule has 4 rings (SSSR count). The molecule has 1 saturated heterocycles. The Morgan fingerprint density at radius 1 is 1.21 bits per heavy atom. The van der Waals surface area contributed by atoms with E-state index in [1.807, 2.05) is 12.1 Å². The summed E-state index contributed by atoms with van der Waals surface area (Å²) in [6.07, 6.45) is 0.772. The molecule has 6 nitrogen and oxygen atoms in total. The fourth-order valence-electron chi connectivity index (χ4n) is 3.80. The summed E-state index contributed by atoms with van der Waals surface area (Å²) in [5, 5.41) is 10.2. The van der Waals surface area contributed by atoms with Crippen molar-refractivity contribution in [1.29, 1.82) is 0 Å². The van der Waals surface area contributed by atoms with Gasteiger partial charge in [-0.15, -0.1) is 11.3 Å². The molecule has 0 atom stereocenters. The molecule has 2 aromatic rings. The van der Waals surface area contributed by atoms with E-state index in [9.17, 15) is 4.79 Å². The topological polar surface area (TPSA) is 59.4 Å². The van der Waals surface area contributed by atoms with Gasteiger partial charge in [0.2, 0.25) is 0 Å². The van der Waals surface area contributed by atoms with E-state index in [4.69, 9.17) is 10.1 Å². The van der Waals surface area contributed by atoms with Crippen LogP contribution in [0.15, 0.2) is 35.3 Å². The van der Waals surface area contributed by atoms with Crippen molar-refractivity contribution in [2.24, 2.45) is 4.99 Å². The predicted molar refractivity (Wildman–Crippen MR) is 115 cm³/mol. The number of carboxylic acids is 1. The molecule has 2 aliphatic heterocycles. The number of thiophene rings is 1. The van der Waals surface area contributed by atoms with Crippen LogP contribution >= 0.6 is 11.3 Å². The number of likely N-dealkylation sites (N-methyl/N-ethyl adjacent to an activating group) is 1. The maximum Gasteiger partial charge on any atom is 0.303 e. The largest absolute Gasteiger partial charge is 0.481 e. The summed E-state index contributed by atoms with van der Waals surface area (Å²) in [6, 6.07) is 10.4. The van der Waals surface area contributed by atoms with Gasteiger partial charge in [-0.3, -0.25) is 4.79 Å². The van der Waals surface area contributed by atoms with Crippen LogP contribution in [0.1, 0.15) is 23.3 Å². The number of carboxylic acid groups (broad SMARTS) is 1. The molecule has 0 radical (unpaired) electrons. The van der Waals surface area contributed by atoms with Crippen molar-refractivity contribution in [2.45, 2.75) is 19.8 Å². The van der Waals surface area contributed by atoms with Crippen LogP contribution in [0.5, 0.6) is 0 Å². The maximum absolute atomic E-state index is 11.0. The first-order chi connectivity index (χ1) is 13.5. The molecule has 28 heavy (non-hydrogen) atoms. The summed E-state index contributed by atoms with van der Waals surface area (Å²) >= 11 is 1.76. The van der Waals surface area contributed by atoms with Gasteiger partial charge in [0, 0.05) is 44.0 Å². The summed E-state index contributed by atoms with van der Waals surface area (Å²) in [5.74, 6) is 0.292. The van der Waals surface area contributed by atoms with Gasteiger partial charge in [-0.05, 0) is 38.6 Å². The number of fused-ring (bicyclic) bond motifs is 2. The van der Waals surface area contributed by atoms with Gasteiger partial charge in [-0.25, -0.2) is 4.99 Å². The van der Waals surface area contributed by atoms with Crippen molar-refractivity contribution >= 4 is 39.5 Å². The minimum absolute atomic E-state index is 0.171. The number of nitrogens with zero attached hydrogens (tertiary/aromatic N) is 4. The van der Waals surface area contributed by atoms with E-state index in [0.29, 0.717) is 13.0 Å². The number of para-hydroxylation sites is 2. The van der Waals surface area contributed by atoms with Crippen molar-refractivity contribution in [3.8, 4) is 0 Å². The zero-order valence-corrected chi connectivity index (χ0v) is 17.2. The Balaban J connectivity index is 1.76. The number of rotatable bonds is 4. The molecule has 0 amide bonds. The highest BCUT2D eigenvalue weighted by atomic mass is 32.1. The lowest BCUT2D eigenvalue weighted by atomic mass is 10.2. The summed E-state index contributed by atoms with van der Waals surface area (Å²) in [5.41, 5.74) is 3.17. The molecule has 1 aromatic carbocycles. The third-order valence-electron chi connectivity index (χ3n) is 5.30. The smallest absolute Gasteiger partial charge is 0.303 e. The number of anilines is 2. The third-order valence-corrected chi connectivity index (χ3v) is 6.37. The summed E-state index contributed by atoms with van der Waals surface area (Å²) in [4.78, 5) is 24.4. The predicted octanol–water partition coefficient (Wildman–Crippen LogP) is 3.70. The molecule has 0 saturated carbocycles. The number of benzene rings is 1. The molecule has 0 aliphatic carbocycles. The lowest BCUT2D eigenvalue weighted by molar-refractivity contribution is -0.137. The molecule has 1 N–H and O–H groups in total. The summed E-state index contributed by atoms with van der Waals surface area (Å²) < 4.78 is 0. The van der Waals surface area contributed by atoms with Crippen LogP contribution in [-0.2, 0) is 4.79 Å². The highest BCUT2D eigenvalue weighted by Crippen LogP contribution is 2.44. The van der Waals surface area contributed by atoms with Gasteiger partial charge in [-0.1, -0.05) is 12.1 Å². The molecule has 2 aliphatic rings. The molecule has 3 heterocycles. The number of hydrogen-bond donors (Lipinski definition) is 1. The van der Waals surface area contributed by atoms with Crippen molar-refractivity contribution in [3.63, 3.8) is 0 Å². The maximum atomic E-state index is 11.0. The zero-order chi connectivity index (χ0) is 19.7. The molecule has 0 unspecified atom stereocenters. The SMILES string of the molecule is Cc1cc2c(s1)N(CCCC(=O)O)c1ccccc1N=C2N1CCN(C)CC1. The van der Waals surface area contributed by atoms with E-state index in [2.05, 4.69) is 46.9 Å². The van der Waals surface area contributed by atoms with Gasteiger partial charge in [0.15, 0.2) is 0 Å². The average Bonchev–Trinajstić information content (AvgIpc) is 3.00. The first kappa shape index (κ1) is 19.0.